The highest BCUT2D eigenvalue weighted by atomic mass is 16.5. The molecule has 0 fully saturated rings. The zero-order valence-electron chi connectivity index (χ0n) is 10.3. The van der Waals surface area contributed by atoms with Crippen molar-refractivity contribution in [3.05, 3.63) is 5.82 Å². The molecular weight excluding hydrogens is 206 g/mol. The van der Waals surface area contributed by atoms with Gasteiger partial charge in [0.15, 0.2) is 5.82 Å². The third-order valence-electron chi connectivity index (χ3n) is 2.47. The Bertz CT molecular complexity index is 288. The summed E-state index contributed by atoms with van der Waals surface area (Å²) >= 11 is 0. The van der Waals surface area contributed by atoms with Gasteiger partial charge in [0, 0.05) is 6.61 Å². The average molecular weight is 227 g/mol. The number of aromatic nitrogens is 4. The number of nitrogens with zero attached hydrogens (tertiary/aromatic N) is 4. The lowest BCUT2D eigenvalue weighted by Crippen LogP contribution is -2.20. The molecule has 1 atom stereocenters. The Hall–Kier alpha value is -1.01. The number of unbranched alkanes of at least 4 members (excludes halogenated alkanes) is 1. The van der Waals surface area contributed by atoms with Crippen LogP contribution in [0.3, 0.4) is 0 Å². The molecule has 0 saturated heterocycles. The molecule has 6 heteroatoms. The van der Waals surface area contributed by atoms with Gasteiger partial charge in [0.1, 0.15) is 0 Å². The van der Waals surface area contributed by atoms with Crippen molar-refractivity contribution in [3.63, 3.8) is 0 Å². The fourth-order valence-electron chi connectivity index (χ4n) is 1.31. The second-order valence-electron chi connectivity index (χ2n) is 3.74. The molecule has 1 N–H and O–H groups in total. The van der Waals surface area contributed by atoms with Gasteiger partial charge in [0.25, 0.3) is 0 Å². The first-order chi connectivity index (χ1) is 7.79. The summed E-state index contributed by atoms with van der Waals surface area (Å²) in [4.78, 5) is 0. The van der Waals surface area contributed by atoms with Crippen LogP contribution in [-0.2, 0) is 11.3 Å². The van der Waals surface area contributed by atoms with Gasteiger partial charge in [0.2, 0.25) is 0 Å². The quantitative estimate of drug-likeness (QED) is 0.665. The molecule has 1 aromatic rings. The van der Waals surface area contributed by atoms with E-state index in [1.807, 2.05) is 14.0 Å². The molecule has 0 radical (unpaired) electrons. The SMILES string of the molecule is CCCCOCCn1nnnc1C(C)NC. The van der Waals surface area contributed by atoms with Gasteiger partial charge in [-0.05, 0) is 30.8 Å². The highest BCUT2D eigenvalue weighted by Crippen LogP contribution is 2.05. The third-order valence-corrected chi connectivity index (χ3v) is 2.47. The van der Waals surface area contributed by atoms with Gasteiger partial charge >= 0.3 is 0 Å². The molecule has 6 nitrogen and oxygen atoms in total. The molecule has 16 heavy (non-hydrogen) atoms. The van der Waals surface area contributed by atoms with Gasteiger partial charge in [-0.1, -0.05) is 13.3 Å². The minimum Gasteiger partial charge on any atom is -0.380 e. The summed E-state index contributed by atoms with van der Waals surface area (Å²) < 4.78 is 7.26. The van der Waals surface area contributed by atoms with Gasteiger partial charge in [-0.15, -0.1) is 5.10 Å². The number of rotatable bonds is 8. The number of nitrogens with one attached hydrogen (secondary N) is 1. The summed E-state index contributed by atoms with van der Waals surface area (Å²) in [7, 11) is 1.89. The van der Waals surface area contributed by atoms with Crippen LogP contribution in [0.2, 0.25) is 0 Å². The van der Waals surface area contributed by atoms with E-state index in [1.54, 1.807) is 4.68 Å². The van der Waals surface area contributed by atoms with Gasteiger partial charge in [-0.3, -0.25) is 0 Å². The normalized spacial score (nSPS) is 12.9. The first-order valence-corrected chi connectivity index (χ1v) is 5.80. The molecule has 92 valence electrons. The van der Waals surface area contributed by atoms with Gasteiger partial charge < -0.3 is 10.1 Å². The van der Waals surface area contributed by atoms with E-state index in [-0.39, 0.29) is 6.04 Å². The largest absolute Gasteiger partial charge is 0.380 e. The topological polar surface area (TPSA) is 64.9 Å². The fraction of sp³-hybridized carbons (Fsp3) is 0.900. The van der Waals surface area contributed by atoms with E-state index in [0.717, 1.165) is 25.3 Å². The zero-order valence-corrected chi connectivity index (χ0v) is 10.3. The summed E-state index contributed by atoms with van der Waals surface area (Å²) in [6.07, 6.45) is 2.27. The molecule has 0 aliphatic carbocycles. The molecule has 1 heterocycles. The second-order valence-corrected chi connectivity index (χ2v) is 3.74. The maximum absolute atomic E-state index is 5.48. The zero-order chi connectivity index (χ0) is 11.8. The summed E-state index contributed by atoms with van der Waals surface area (Å²) in [5.74, 6) is 0.849. The molecule has 0 aliphatic heterocycles. The monoisotopic (exact) mass is 227 g/mol. The highest BCUT2D eigenvalue weighted by molar-refractivity contribution is 4.88. The van der Waals surface area contributed by atoms with Crippen molar-refractivity contribution < 1.29 is 4.74 Å². The van der Waals surface area contributed by atoms with Crippen LogP contribution in [0.15, 0.2) is 0 Å². The molecule has 1 aromatic heterocycles. The van der Waals surface area contributed by atoms with Crippen LogP contribution >= 0.6 is 0 Å². The van der Waals surface area contributed by atoms with Crippen molar-refractivity contribution in [2.45, 2.75) is 39.3 Å². The van der Waals surface area contributed by atoms with Crippen LogP contribution in [0.5, 0.6) is 0 Å². The minimum absolute atomic E-state index is 0.158. The summed E-state index contributed by atoms with van der Waals surface area (Å²) in [6.45, 7) is 6.36. The van der Waals surface area contributed by atoms with Crippen molar-refractivity contribution in [2.75, 3.05) is 20.3 Å². The van der Waals surface area contributed by atoms with E-state index in [4.69, 9.17) is 4.74 Å². The highest BCUT2D eigenvalue weighted by Gasteiger charge is 2.11. The van der Waals surface area contributed by atoms with E-state index in [1.165, 1.54) is 0 Å². The predicted octanol–water partition coefficient (Wildman–Crippen LogP) is 0.770. The Labute approximate surface area is 96.4 Å². The average Bonchev–Trinajstić information content (AvgIpc) is 2.76. The molecule has 0 aliphatic rings. The van der Waals surface area contributed by atoms with Crippen LogP contribution in [0, 0.1) is 0 Å². The van der Waals surface area contributed by atoms with Gasteiger partial charge in [0.05, 0.1) is 19.2 Å². The number of ether oxygens (including phenoxy) is 1. The first-order valence-electron chi connectivity index (χ1n) is 5.80. The van der Waals surface area contributed by atoms with Crippen LogP contribution in [0.4, 0.5) is 0 Å². The minimum atomic E-state index is 0.158. The number of tetrazole rings is 1. The lowest BCUT2D eigenvalue weighted by atomic mass is 10.3. The standard InChI is InChI=1S/C10H21N5O/c1-4-5-7-16-8-6-15-10(9(2)11-3)12-13-14-15/h9,11H,4-8H2,1-3H3. The Morgan fingerprint density at radius 2 is 2.25 bits per heavy atom. The Balaban J connectivity index is 2.33. The molecule has 0 aromatic carbocycles. The number of hydrogen-bond donors (Lipinski definition) is 1. The Morgan fingerprint density at radius 1 is 1.44 bits per heavy atom. The maximum Gasteiger partial charge on any atom is 0.168 e. The summed E-state index contributed by atoms with van der Waals surface area (Å²) in [5, 5.41) is 14.7. The fourth-order valence-corrected chi connectivity index (χ4v) is 1.31. The van der Waals surface area contributed by atoms with Gasteiger partial charge in [-0.2, -0.15) is 0 Å². The second kappa shape index (κ2) is 7.29. The van der Waals surface area contributed by atoms with Crippen molar-refractivity contribution in [1.82, 2.24) is 25.5 Å². The molecule has 0 amide bonds. The Kier molecular flexibility index (Phi) is 5.95. The van der Waals surface area contributed by atoms with E-state index in [0.29, 0.717) is 13.2 Å². The van der Waals surface area contributed by atoms with Crippen molar-refractivity contribution in [3.8, 4) is 0 Å². The van der Waals surface area contributed by atoms with Gasteiger partial charge in [-0.25, -0.2) is 4.68 Å². The summed E-state index contributed by atoms with van der Waals surface area (Å²) in [5.41, 5.74) is 0. The van der Waals surface area contributed by atoms with E-state index in [2.05, 4.69) is 27.8 Å². The van der Waals surface area contributed by atoms with Crippen molar-refractivity contribution in [1.29, 1.82) is 0 Å². The molecule has 0 saturated carbocycles. The lowest BCUT2D eigenvalue weighted by Gasteiger charge is -2.10. The first kappa shape index (κ1) is 13.1. The van der Waals surface area contributed by atoms with E-state index >= 15 is 0 Å². The lowest BCUT2D eigenvalue weighted by molar-refractivity contribution is 0.119. The Morgan fingerprint density at radius 3 is 2.94 bits per heavy atom. The molecule has 1 unspecified atom stereocenters. The van der Waals surface area contributed by atoms with E-state index in [9.17, 15) is 0 Å². The number of hydrogen-bond acceptors (Lipinski definition) is 5. The van der Waals surface area contributed by atoms with E-state index < -0.39 is 0 Å². The van der Waals surface area contributed by atoms with Crippen LogP contribution in [0.1, 0.15) is 38.6 Å². The molecule has 1 rings (SSSR count). The molecular formula is C10H21N5O. The van der Waals surface area contributed by atoms with Crippen LogP contribution in [0.25, 0.3) is 0 Å². The maximum atomic E-state index is 5.48. The smallest absolute Gasteiger partial charge is 0.168 e. The third kappa shape index (κ3) is 3.86. The molecule has 0 spiro atoms. The van der Waals surface area contributed by atoms with Crippen LogP contribution < -0.4 is 5.32 Å². The summed E-state index contributed by atoms with van der Waals surface area (Å²) in [6, 6.07) is 0.158. The van der Waals surface area contributed by atoms with Crippen molar-refractivity contribution >= 4 is 0 Å². The van der Waals surface area contributed by atoms with Crippen LogP contribution in [-0.4, -0.2) is 40.5 Å². The molecule has 0 bridgehead atoms. The predicted molar refractivity (Wildman–Crippen MR) is 61.0 cm³/mol. The van der Waals surface area contributed by atoms with Crippen molar-refractivity contribution in [2.24, 2.45) is 0 Å².